The molecule has 1 aromatic heterocycles. The van der Waals surface area contributed by atoms with Crippen LogP contribution < -0.4 is 5.32 Å². The predicted octanol–water partition coefficient (Wildman–Crippen LogP) is 2.91. The van der Waals surface area contributed by atoms with Crippen LogP contribution in [0.4, 0.5) is 5.82 Å². The molecule has 0 amide bonds. The van der Waals surface area contributed by atoms with E-state index in [-0.39, 0.29) is 0 Å². The average molecular weight is 241 g/mol. The standard InChI is InChI=1S/C10H13BrN2/c1-7-5-8(7)6-12-10-4-2-3-9(11)13-10/h2-4,7-8H,5-6H2,1H3,(H,12,13). The normalized spacial score (nSPS) is 25.7. The zero-order valence-electron chi connectivity index (χ0n) is 7.63. The lowest BCUT2D eigenvalue weighted by Gasteiger charge is -2.03. The monoisotopic (exact) mass is 240 g/mol. The highest BCUT2D eigenvalue weighted by Gasteiger charge is 2.31. The van der Waals surface area contributed by atoms with Crippen molar-refractivity contribution in [3.8, 4) is 0 Å². The largest absolute Gasteiger partial charge is 0.370 e. The summed E-state index contributed by atoms with van der Waals surface area (Å²) in [4.78, 5) is 4.30. The third-order valence-corrected chi connectivity index (χ3v) is 2.98. The number of nitrogens with one attached hydrogen (secondary N) is 1. The molecule has 1 aliphatic carbocycles. The van der Waals surface area contributed by atoms with Gasteiger partial charge in [0, 0.05) is 6.54 Å². The number of nitrogens with zero attached hydrogens (tertiary/aromatic N) is 1. The first-order valence-electron chi connectivity index (χ1n) is 4.62. The summed E-state index contributed by atoms with van der Waals surface area (Å²) in [5.41, 5.74) is 0. The van der Waals surface area contributed by atoms with Crippen LogP contribution in [0.1, 0.15) is 13.3 Å². The van der Waals surface area contributed by atoms with Crippen LogP contribution in [-0.2, 0) is 0 Å². The maximum absolute atomic E-state index is 4.30. The molecule has 0 bridgehead atoms. The Kier molecular flexibility index (Phi) is 2.54. The van der Waals surface area contributed by atoms with Crippen LogP contribution in [0, 0.1) is 11.8 Å². The molecule has 2 unspecified atom stereocenters. The van der Waals surface area contributed by atoms with Gasteiger partial charge in [0.05, 0.1) is 0 Å². The average Bonchev–Trinajstić information content (AvgIpc) is 2.79. The van der Waals surface area contributed by atoms with Gasteiger partial charge in [0.2, 0.25) is 0 Å². The van der Waals surface area contributed by atoms with E-state index in [9.17, 15) is 0 Å². The van der Waals surface area contributed by atoms with Crippen LogP contribution in [0.15, 0.2) is 22.8 Å². The van der Waals surface area contributed by atoms with E-state index in [1.54, 1.807) is 0 Å². The van der Waals surface area contributed by atoms with E-state index >= 15 is 0 Å². The third kappa shape index (κ3) is 2.44. The van der Waals surface area contributed by atoms with Crippen molar-refractivity contribution in [2.75, 3.05) is 11.9 Å². The summed E-state index contributed by atoms with van der Waals surface area (Å²) in [5, 5.41) is 3.34. The Labute approximate surface area is 86.9 Å². The summed E-state index contributed by atoms with van der Waals surface area (Å²) in [7, 11) is 0. The lowest BCUT2D eigenvalue weighted by atomic mass is 10.3. The minimum Gasteiger partial charge on any atom is -0.370 e. The van der Waals surface area contributed by atoms with E-state index in [2.05, 4.69) is 33.2 Å². The van der Waals surface area contributed by atoms with Gasteiger partial charge in [-0.1, -0.05) is 13.0 Å². The van der Waals surface area contributed by atoms with Crippen molar-refractivity contribution in [2.24, 2.45) is 11.8 Å². The Morgan fingerprint density at radius 2 is 2.38 bits per heavy atom. The van der Waals surface area contributed by atoms with E-state index in [4.69, 9.17) is 0 Å². The first kappa shape index (κ1) is 9.00. The fourth-order valence-corrected chi connectivity index (χ4v) is 1.77. The summed E-state index contributed by atoms with van der Waals surface area (Å²) >= 11 is 3.35. The lowest BCUT2D eigenvalue weighted by molar-refractivity contribution is 0.784. The highest BCUT2D eigenvalue weighted by molar-refractivity contribution is 9.10. The number of aromatic nitrogens is 1. The fourth-order valence-electron chi connectivity index (χ4n) is 1.43. The molecule has 0 aromatic carbocycles. The Morgan fingerprint density at radius 1 is 1.62 bits per heavy atom. The second-order valence-corrected chi connectivity index (χ2v) is 4.51. The second kappa shape index (κ2) is 3.66. The van der Waals surface area contributed by atoms with E-state index in [0.29, 0.717) is 0 Å². The summed E-state index contributed by atoms with van der Waals surface area (Å²) in [6.45, 7) is 3.35. The zero-order chi connectivity index (χ0) is 9.26. The fraction of sp³-hybridized carbons (Fsp3) is 0.500. The molecule has 0 aliphatic heterocycles. The van der Waals surface area contributed by atoms with Crippen molar-refractivity contribution < 1.29 is 0 Å². The van der Waals surface area contributed by atoms with Crippen molar-refractivity contribution in [1.82, 2.24) is 4.98 Å². The molecule has 1 N–H and O–H groups in total. The van der Waals surface area contributed by atoms with Gasteiger partial charge in [-0.3, -0.25) is 0 Å². The van der Waals surface area contributed by atoms with Crippen LogP contribution in [0.5, 0.6) is 0 Å². The van der Waals surface area contributed by atoms with Gasteiger partial charge < -0.3 is 5.32 Å². The third-order valence-electron chi connectivity index (χ3n) is 2.54. The smallest absolute Gasteiger partial charge is 0.127 e. The van der Waals surface area contributed by atoms with Crippen LogP contribution in [0.3, 0.4) is 0 Å². The summed E-state index contributed by atoms with van der Waals surface area (Å²) in [6, 6.07) is 5.93. The lowest BCUT2D eigenvalue weighted by Crippen LogP contribution is -2.05. The van der Waals surface area contributed by atoms with Crippen molar-refractivity contribution in [3.05, 3.63) is 22.8 Å². The number of rotatable bonds is 3. The molecule has 3 heteroatoms. The maximum atomic E-state index is 4.30. The van der Waals surface area contributed by atoms with Gasteiger partial charge in [-0.2, -0.15) is 0 Å². The quantitative estimate of drug-likeness (QED) is 0.823. The van der Waals surface area contributed by atoms with Crippen LogP contribution in [0.25, 0.3) is 0 Å². The second-order valence-electron chi connectivity index (χ2n) is 3.70. The molecule has 1 heterocycles. The number of hydrogen-bond donors (Lipinski definition) is 1. The van der Waals surface area contributed by atoms with Crippen LogP contribution in [-0.4, -0.2) is 11.5 Å². The van der Waals surface area contributed by atoms with E-state index in [1.165, 1.54) is 6.42 Å². The number of halogens is 1. The number of anilines is 1. The predicted molar refractivity (Wildman–Crippen MR) is 57.7 cm³/mol. The molecule has 0 saturated heterocycles. The molecule has 2 rings (SSSR count). The summed E-state index contributed by atoms with van der Waals surface area (Å²) < 4.78 is 0.890. The van der Waals surface area contributed by atoms with Crippen molar-refractivity contribution in [3.63, 3.8) is 0 Å². The molecular formula is C10H13BrN2. The molecule has 2 nitrogen and oxygen atoms in total. The topological polar surface area (TPSA) is 24.9 Å². The highest BCUT2D eigenvalue weighted by Crippen LogP contribution is 2.37. The Morgan fingerprint density at radius 3 is 3.00 bits per heavy atom. The van der Waals surface area contributed by atoms with Crippen LogP contribution in [0.2, 0.25) is 0 Å². The highest BCUT2D eigenvalue weighted by atomic mass is 79.9. The Balaban J connectivity index is 1.87. The van der Waals surface area contributed by atoms with Crippen molar-refractivity contribution in [2.45, 2.75) is 13.3 Å². The molecule has 2 atom stereocenters. The van der Waals surface area contributed by atoms with Gasteiger partial charge in [0.1, 0.15) is 10.4 Å². The molecule has 1 aliphatic rings. The van der Waals surface area contributed by atoms with E-state index in [1.807, 2.05) is 18.2 Å². The molecule has 1 fully saturated rings. The van der Waals surface area contributed by atoms with Crippen molar-refractivity contribution in [1.29, 1.82) is 0 Å². The first-order valence-corrected chi connectivity index (χ1v) is 5.41. The molecule has 70 valence electrons. The number of pyridine rings is 1. The SMILES string of the molecule is CC1CC1CNc1cccc(Br)n1. The Hall–Kier alpha value is -0.570. The number of hydrogen-bond acceptors (Lipinski definition) is 2. The zero-order valence-corrected chi connectivity index (χ0v) is 9.21. The minimum atomic E-state index is 0.862. The first-order chi connectivity index (χ1) is 6.25. The molecular weight excluding hydrogens is 228 g/mol. The molecule has 0 spiro atoms. The molecule has 0 radical (unpaired) electrons. The van der Waals surface area contributed by atoms with Crippen LogP contribution >= 0.6 is 15.9 Å². The van der Waals surface area contributed by atoms with E-state index in [0.717, 1.165) is 28.8 Å². The Bertz CT molecular complexity index is 301. The van der Waals surface area contributed by atoms with Gasteiger partial charge in [-0.05, 0) is 46.3 Å². The molecule has 13 heavy (non-hydrogen) atoms. The molecule has 1 aromatic rings. The maximum Gasteiger partial charge on any atom is 0.127 e. The van der Waals surface area contributed by atoms with Gasteiger partial charge >= 0.3 is 0 Å². The van der Waals surface area contributed by atoms with Gasteiger partial charge in [-0.15, -0.1) is 0 Å². The van der Waals surface area contributed by atoms with Gasteiger partial charge in [-0.25, -0.2) is 4.98 Å². The summed E-state index contributed by atoms with van der Waals surface area (Å²) in [6.07, 6.45) is 1.36. The van der Waals surface area contributed by atoms with Crippen molar-refractivity contribution >= 4 is 21.7 Å². The summed E-state index contributed by atoms with van der Waals surface area (Å²) in [5.74, 6) is 2.73. The van der Waals surface area contributed by atoms with E-state index < -0.39 is 0 Å². The minimum absolute atomic E-state index is 0.862. The molecule has 1 saturated carbocycles. The van der Waals surface area contributed by atoms with Gasteiger partial charge in [0.25, 0.3) is 0 Å². The van der Waals surface area contributed by atoms with Gasteiger partial charge in [0.15, 0.2) is 0 Å².